The molecule has 0 heterocycles. The highest BCUT2D eigenvalue weighted by Gasteiger charge is 2.11. The highest BCUT2D eigenvalue weighted by molar-refractivity contribution is 5.79. The number of oxime groups is 1. The van der Waals surface area contributed by atoms with Crippen molar-refractivity contribution in [3.05, 3.63) is 41.8 Å². The first-order valence-corrected chi connectivity index (χ1v) is 4.65. The van der Waals surface area contributed by atoms with Crippen molar-refractivity contribution in [3.63, 3.8) is 0 Å². The Bertz CT molecular complexity index is 306. The molecule has 0 aromatic heterocycles. The molecule has 14 heavy (non-hydrogen) atoms. The Labute approximate surface area is 85.3 Å². The van der Waals surface area contributed by atoms with Crippen molar-refractivity contribution in [1.29, 1.82) is 0 Å². The van der Waals surface area contributed by atoms with Gasteiger partial charge in [-0.1, -0.05) is 50.2 Å². The van der Waals surface area contributed by atoms with Crippen LogP contribution in [0.1, 0.15) is 31.9 Å². The van der Waals surface area contributed by atoms with E-state index in [1.54, 1.807) is 0 Å². The quantitative estimate of drug-likeness (QED) is 0.434. The molecule has 2 nitrogen and oxygen atoms in total. The van der Waals surface area contributed by atoms with E-state index in [0.29, 0.717) is 0 Å². The number of hydrogen-bond donors (Lipinski definition) is 1. The summed E-state index contributed by atoms with van der Waals surface area (Å²) in [5.41, 5.74) is 2.28. The fourth-order valence-corrected chi connectivity index (χ4v) is 1.24. The number of benzene rings is 1. The van der Waals surface area contributed by atoms with Crippen LogP contribution in [-0.2, 0) is 0 Å². The van der Waals surface area contributed by atoms with Gasteiger partial charge in [-0.2, -0.15) is 0 Å². The Morgan fingerprint density at radius 2 is 1.57 bits per heavy atom. The monoisotopic (exact) mass is 190 g/mol. The summed E-state index contributed by atoms with van der Waals surface area (Å²) in [6.45, 7) is 6.49. The van der Waals surface area contributed by atoms with Gasteiger partial charge in [0.15, 0.2) is 0 Å². The molecule has 1 aromatic rings. The third kappa shape index (κ3) is 3.60. The molecule has 0 aliphatic carbocycles. The molecule has 0 atom stereocenters. The Hall–Kier alpha value is -1.31. The minimum atomic E-state index is 0.187. The standard InChI is InChI=1S/C12H16NO/c1-12(2,3)8-10-4-6-11(7-5-10)9-13-14/h4-9,14H,1-3H3. The average Bonchev–Trinajstić information content (AvgIpc) is 2.06. The van der Waals surface area contributed by atoms with Gasteiger partial charge in [-0.3, -0.25) is 0 Å². The van der Waals surface area contributed by atoms with Gasteiger partial charge < -0.3 is 5.21 Å². The molecule has 1 radical (unpaired) electrons. The molecular weight excluding hydrogens is 174 g/mol. The van der Waals surface area contributed by atoms with E-state index in [1.807, 2.05) is 24.3 Å². The number of rotatable bonds is 2. The van der Waals surface area contributed by atoms with Crippen molar-refractivity contribution in [2.45, 2.75) is 20.8 Å². The smallest absolute Gasteiger partial charge is 0.0733 e. The van der Waals surface area contributed by atoms with E-state index >= 15 is 0 Å². The second-order valence-electron chi connectivity index (χ2n) is 4.42. The second-order valence-corrected chi connectivity index (χ2v) is 4.42. The lowest BCUT2D eigenvalue weighted by molar-refractivity contribution is 0.322. The van der Waals surface area contributed by atoms with Gasteiger partial charge in [-0.05, 0) is 23.0 Å². The van der Waals surface area contributed by atoms with E-state index in [-0.39, 0.29) is 5.41 Å². The second kappa shape index (κ2) is 4.27. The van der Waals surface area contributed by atoms with Gasteiger partial charge in [0.05, 0.1) is 6.21 Å². The van der Waals surface area contributed by atoms with Crippen LogP contribution < -0.4 is 0 Å². The lowest BCUT2D eigenvalue weighted by atomic mass is 9.88. The molecule has 1 rings (SSSR count). The van der Waals surface area contributed by atoms with Gasteiger partial charge in [0.25, 0.3) is 0 Å². The summed E-state index contributed by atoms with van der Waals surface area (Å²) in [6, 6.07) is 7.89. The zero-order valence-corrected chi connectivity index (χ0v) is 8.86. The highest BCUT2D eigenvalue weighted by Crippen LogP contribution is 2.22. The van der Waals surface area contributed by atoms with Crippen LogP contribution in [0.5, 0.6) is 0 Å². The summed E-state index contributed by atoms with van der Waals surface area (Å²) >= 11 is 0. The first-order chi connectivity index (χ1) is 6.51. The van der Waals surface area contributed by atoms with Crippen LogP contribution in [0.2, 0.25) is 0 Å². The predicted molar refractivity (Wildman–Crippen MR) is 58.7 cm³/mol. The summed E-state index contributed by atoms with van der Waals surface area (Å²) in [5, 5.41) is 11.3. The first kappa shape index (κ1) is 10.8. The van der Waals surface area contributed by atoms with Gasteiger partial charge in [-0.15, -0.1) is 0 Å². The van der Waals surface area contributed by atoms with Gasteiger partial charge in [-0.25, -0.2) is 0 Å². The van der Waals surface area contributed by atoms with Crippen LogP contribution >= 0.6 is 0 Å². The lowest BCUT2D eigenvalue weighted by Crippen LogP contribution is -2.06. The van der Waals surface area contributed by atoms with Gasteiger partial charge in [0.1, 0.15) is 0 Å². The van der Waals surface area contributed by atoms with Crippen LogP contribution in [0.3, 0.4) is 0 Å². The highest BCUT2D eigenvalue weighted by atomic mass is 16.4. The van der Waals surface area contributed by atoms with E-state index in [9.17, 15) is 0 Å². The Kier molecular flexibility index (Phi) is 3.28. The molecule has 0 amide bonds. The molecule has 0 aliphatic rings. The van der Waals surface area contributed by atoms with E-state index in [2.05, 4.69) is 32.3 Å². The minimum absolute atomic E-state index is 0.187. The molecule has 0 saturated heterocycles. The molecular formula is C12H16NO. The Morgan fingerprint density at radius 3 is 2.00 bits per heavy atom. The van der Waals surface area contributed by atoms with E-state index in [0.717, 1.165) is 5.56 Å². The van der Waals surface area contributed by atoms with Crippen molar-refractivity contribution >= 4 is 6.21 Å². The molecule has 75 valence electrons. The van der Waals surface area contributed by atoms with Crippen LogP contribution in [0.25, 0.3) is 0 Å². The SMILES string of the molecule is CC(C)(C)[CH]c1ccc(C=NO)cc1. The zero-order chi connectivity index (χ0) is 10.6. The van der Waals surface area contributed by atoms with Crippen LogP contribution in [0, 0.1) is 11.8 Å². The molecule has 0 saturated carbocycles. The van der Waals surface area contributed by atoms with Crippen molar-refractivity contribution in [1.82, 2.24) is 0 Å². The normalized spacial score (nSPS) is 12.2. The zero-order valence-electron chi connectivity index (χ0n) is 8.86. The molecule has 0 bridgehead atoms. The fraction of sp³-hybridized carbons (Fsp3) is 0.333. The fourth-order valence-electron chi connectivity index (χ4n) is 1.24. The maximum atomic E-state index is 8.34. The van der Waals surface area contributed by atoms with E-state index in [4.69, 9.17) is 5.21 Å². The molecule has 0 fully saturated rings. The maximum absolute atomic E-state index is 8.34. The summed E-state index contributed by atoms with van der Waals surface area (Å²) in [7, 11) is 0. The molecule has 2 heteroatoms. The van der Waals surface area contributed by atoms with Gasteiger partial charge >= 0.3 is 0 Å². The van der Waals surface area contributed by atoms with Crippen molar-refractivity contribution in [2.24, 2.45) is 10.6 Å². The van der Waals surface area contributed by atoms with Gasteiger partial charge in [0.2, 0.25) is 0 Å². The minimum Gasteiger partial charge on any atom is -0.411 e. The Balaban J connectivity index is 2.74. The molecule has 1 N–H and O–H groups in total. The lowest BCUT2D eigenvalue weighted by Gasteiger charge is -2.17. The van der Waals surface area contributed by atoms with Gasteiger partial charge in [0, 0.05) is 0 Å². The molecule has 1 aromatic carbocycles. The number of hydrogen-bond acceptors (Lipinski definition) is 2. The number of nitrogens with zero attached hydrogens (tertiary/aromatic N) is 1. The maximum Gasteiger partial charge on any atom is 0.0733 e. The summed E-state index contributed by atoms with van der Waals surface area (Å²) in [4.78, 5) is 0. The van der Waals surface area contributed by atoms with Crippen molar-refractivity contribution in [2.75, 3.05) is 0 Å². The molecule has 0 aliphatic heterocycles. The third-order valence-electron chi connectivity index (χ3n) is 1.74. The summed E-state index contributed by atoms with van der Waals surface area (Å²) in [6.07, 6.45) is 3.62. The Morgan fingerprint density at radius 1 is 1.07 bits per heavy atom. The molecule has 0 unspecified atom stereocenters. The van der Waals surface area contributed by atoms with Crippen LogP contribution in [0.15, 0.2) is 29.4 Å². The largest absolute Gasteiger partial charge is 0.411 e. The van der Waals surface area contributed by atoms with Crippen molar-refractivity contribution in [3.8, 4) is 0 Å². The molecule has 0 spiro atoms. The first-order valence-electron chi connectivity index (χ1n) is 4.65. The summed E-state index contributed by atoms with van der Waals surface area (Å²) < 4.78 is 0. The van der Waals surface area contributed by atoms with E-state index < -0.39 is 0 Å². The topological polar surface area (TPSA) is 32.6 Å². The third-order valence-corrected chi connectivity index (χ3v) is 1.74. The predicted octanol–water partition coefficient (Wildman–Crippen LogP) is 3.09. The summed E-state index contributed by atoms with van der Waals surface area (Å²) in [5.74, 6) is 0. The van der Waals surface area contributed by atoms with Crippen LogP contribution in [-0.4, -0.2) is 11.4 Å². The van der Waals surface area contributed by atoms with Crippen molar-refractivity contribution < 1.29 is 5.21 Å². The van der Waals surface area contributed by atoms with Crippen LogP contribution in [0.4, 0.5) is 0 Å². The van der Waals surface area contributed by atoms with E-state index in [1.165, 1.54) is 11.8 Å². The average molecular weight is 190 g/mol.